The Balaban J connectivity index is 3.96. The van der Waals surface area contributed by atoms with Crippen LogP contribution < -0.4 is 11.1 Å². The van der Waals surface area contributed by atoms with E-state index in [2.05, 4.69) is 5.32 Å². The fourth-order valence-electron chi connectivity index (χ4n) is 0.775. The van der Waals surface area contributed by atoms with E-state index in [9.17, 15) is 13.2 Å². The fourth-order valence-corrected chi connectivity index (χ4v) is 1.58. The molecule has 0 aromatic carbocycles. The first-order valence-corrected chi connectivity index (χ1v) is 6.01. The molecular formula is C7H13N3O3S. The normalized spacial score (nSPS) is 12.9. The van der Waals surface area contributed by atoms with Gasteiger partial charge in [0.05, 0.1) is 24.3 Å². The third kappa shape index (κ3) is 6.39. The van der Waals surface area contributed by atoms with Crippen molar-refractivity contribution in [3.8, 4) is 6.07 Å². The summed E-state index contributed by atoms with van der Waals surface area (Å²) in [5.74, 6) is -0.934. The van der Waals surface area contributed by atoms with Crippen LogP contribution in [0, 0.1) is 11.3 Å². The van der Waals surface area contributed by atoms with Gasteiger partial charge in [-0.15, -0.1) is 0 Å². The molecule has 0 fully saturated rings. The van der Waals surface area contributed by atoms with E-state index in [0.717, 1.165) is 6.26 Å². The van der Waals surface area contributed by atoms with E-state index in [-0.39, 0.29) is 18.7 Å². The quantitative estimate of drug-likeness (QED) is 0.540. The second-order valence-corrected chi connectivity index (χ2v) is 5.08. The summed E-state index contributed by atoms with van der Waals surface area (Å²) < 4.78 is 21.5. The highest BCUT2D eigenvalue weighted by molar-refractivity contribution is 7.90. The van der Waals surface area contributed by atoms with Crippen molar-refractivity contribution in [3.05, 3.63) is 0 Å². The minimum absolute atomic E-state index is 0.178. The average Bonchev–Trinajstić information content (AvgIpc) is 2.01. The van der Waals surface area contributed by atoms with E-state index < -0.39 is 21.8 Å². The minimum atomic E-state index is -3.25. The van der Waals surface area contributed by atoms with Gasteiger partial charge in [-0.05, 0) is 0 Å². The third-order valence-corrected chi connectivity index (χ3v) is 2.32. The van der Waals surface area contributed by atoms with Crippen LogP contribution in [-0.4, -0.2) is 38.9 Å². The number of nitriles is 1. The smallest absolute Gasteiger partial charge is 0.238 e. The highest BCUT2D eigenvalue weighted by Crippen LogP contribution is 1.88. The molecule has 1 unspecified atom stereocenters. The number of sulfone groups is 1. The molecule has 0 rings (SSSR count). The zero-order valence-electron chi connectivity index (χ0n) is 7.86. The van der Waals surface area contributed by atoms with Gasteiger partial charge in [-0.25, -0.2) is 8.42 Å². The molecule has 1 amide bonds. The van der Waals surface area contributed by atoms with Crippen LogP contribution in [0.5, 0.6) is 0 Å². The van der Waals surface area contributed by atoms with Crippen molar-refractivity contribution in [2.75, 3.05) is 18.6 Å². The number of carbonyl (C=O) groups excluding carboxylic acids is 1. The number of nitrogens with zero attached hydrogens (tertiary/aromatic N) is 1. The average molecular weight is 219 g/mol. The van der Waals surface area contributed by atoms with Crippen LogP contribution >= 0.6 is 0 Å². The van der Waals surface area contributed by atoms with Crippen LogP contribution in [0.4, 0.5) is 0 Å². The lowest BCUT2D eigenvalue weighted by molar-refractivity contribution is -0.121. The second kappa shape index (κ2) is 5.57. The predicted octanol–water partition coefficient (Wildman–Crippen LogP) is -1.61. The molecule has 0 aliphatic rings. The van der Waals surface area contributed by atoms with Gasteiger partial charge >= 0.3 is 0 Å². The SMILES string of the molecule is CS(=O)(=O)CC(N)C(=O)NCCC#N. The molecule has 7 heteroatoms. The summed E-state index contributed by atoms with van der Waals surface area (Å²) in [5, 5.41) is 10.5. The summed E-state index contributed by atoms with van der Waals surface area (Å²) in [4.78, 5) is 11.1. The van der Waals surface area contributed by atoms with Gasteiger partial charge in [0.15, 0.2) is 0 Å². The first-order chi connectivity index (χ1) is 6.37. The molecule has 0 radical (unpaired) electrons. The van der Waals surface area contributed by atoms with Crippen molar-refractivity contribution in [1.82, 2.24) is 5.32 Å². The molecule has 0 saturated heterocycles. The zero-order chi connectivity index (χ0) is 11.2. The molecule has 3 N–H and O–H groups in total. The Bertz CT molecular complexity index is 331. The monoisotopic (exact) mass is 219 g/mol. The molecule has 14 heavy (non-hydrogen) atoms. The molecule has 0 aliphatic heterocycles. The number of rotatable bonds is 5. The maximum atomic E-state index is 11.1. The van der Waals surface area contributed by atoms with Gasteiger partial charge in [0, 0.05) is 12.8 Å². The molecule has 1 atom stereocenters. The summed E-state index contributed by atoms with van der Waals surface area (Å²) in [7, 11) is -3.25. The first kappa shape index (κ1) is 12.9. The second-order valence-electron chi connectivity index (χ2n) is 2.90. The topological polar surface area (TPSA) is 113 Å². The molecule has 0 aromatic rings. The summed E-state index contributed by atoms with van der Waals surface area (Å²) in [5.41, 5.74) is 5.31. The van der Waals surface area contributed by atoms with Crippen LogP contribution in [0.25, 0.3) is 0 Å². The molecule has 6 nitrogen and oxygen atoms in total. The fraction of sp³-hybridized carbons (Fsp3) is 0.714. The molecule has 0 bridgehead atoms. The largest absolute Gasteiger partial charge is 0.354 e. The Morgan fingerprint density at radius 2 is 2.21 bits per heavy atom. The Labute approximate surface area is 83.0 Å². The highest BCUT2D eigenvalue weighted by atomic mass is 32.2. The Kier molecular flexibility index (Phi) is 5.12. The van der Waals surface area contributed by atoms with Crippen molar-refractivity contribution in [2.45, 2.75) is 12.5 Å². The molecule has 0 aliphatic carbocycles. The lowest BCUT2D eigenvalue weighted by Gasteiger charge is -2.09. The van der Waals surface area contributed by atoms with E-state index in [4.69, 9.17) is 11.0 Å². The van der Waals surface area contributed by atoms with E-state index in [1.165, 1.54) is 0 Å². The summed E-state index contributed by atoms with van der Waals surface area (Å²) in [6.07, 6.45) is 1.19. The van der Waals surface area contributed by atoms with Crippen LogP contribution in [0.15, 0.2) is 0 Å². The summed E-state index contributed by atoms with van der Waals surface area (Å²) >= 11 is 0. The lowest BCUT2D eigenvalue weighted by atomic mass is 10.3. The maximum absolute atomic E-state index is 11.1. The summed E-state index contributed by atoms with van der Waals surface area (Å²) in [6, 6.07) is 0.770. The van der Waals surface area contributed by atoms with Crippen LogP contribution in [0.2, 0.25) is 0 Å². The predicted molar refractivity (Wildman–Crippen MR) is 50.9 cm³/mol. The number of amides is 1. The Morgan fingerprint density at radius 3 is 2.64 bits per heavy atom. The molecule has 0 heterocycles. The number of hydrogen-bond donors (Lipinski definition) is 2. The van der Waals surface area contributed by atoms with Crippen LogP contribution in [-0.2, 0) is 14.6 Å². The van der Waals surface area contributed by atoms with E-state index in [1.54, 1.807) is 0 Å². The number of nitrogens with one attached hydrogen (secondary N) is 1. The van der Waals surface area contributed by atoms with Crippen molar-refractivity contribution < 1.29 is 13.2 Å². The van der Waals surface area contributed by atoms with Crippen molar-refractivity contribution in [3.63, 3.8) is 0 Å². The highest BCUT2D eigenvalue weighted by Gasteiger charge is 2.17. The third-order valence-electron chi connectivity index (χ3n) is 1.36. The first-order valence-electron chi connectivity index (χ1n) is 3.95. The standard InChI is InChI=1S/C7H13N3O3S/c1-14(12,13)5-6(9)7(11)10-4-2-3-8/h6H,2,4-5,9H2,1H3,(H,10,11). The van der Waals surface area contributed by atoms with E-state index >= 15 is 0 Å². The van der Waals surface area contributed by atoms with Gasteiger partial charge in [-0.2, -0.15) is 5.26 Å². The van der Waals surface area contributed by atoms with Crippen molar-refractivity contribution in [1.29, 1.82) is 5.26 Å². The van der Waals surface area contributed by atoms with Crippen LogP contribution in [0.1, 0.15) is 6.42 Å². The summed E-state index contributed by atoms with van der Waals surface area (Å²) in [6.45, 7) is 0.187. The Hall–Kier alpha value is -1.13. The molecule has 0 saturated carbocycles. The maximum Gasteiger partial charge on any atom is 0.238 e. The number of carbonyl (C=O) groups is 1. The van der Waals surface area contributed by atoms with E-state index in [0.29, 0.717) is 0 Å². The minimum Gasteiger partial charge on any atom is -0.354 e. The van der Waals surface area contributed by atoms with Gasteiger partial charge in [0.25, 0.3) is 0 Å². The van der Waals surface area contributed by atoms with Crippen LogP contribution in [0.3, 0.4) is 0 Å². The van der Waals surface area contributed by atoms with Crippen molar-refractivity contribution >= 4 is 15.7 Å². The lowest BCUT2D eigenvalue weighted by Crippen LogP contribution is -2.45. The van der Waals surface area contributed by atoms with Gasteiger partial charge < -0.3 is 11.1 Å². The molecule has 0 spiro atoms. The van der Waals surface area contributed by atoms with Gasteiger partial charge in [-0.3, -0.25) is 4.79 Å². The number of hydrogen-bond acceptors (Lipinski definition) is 5. The molecule has 0 aromatic heterocycles. The van der Waals surface area contributed by atoms with Gasteiger partial charge in [0.1, 0.15) is 9.84 Å². The molecule has 80 valence electrons. The van der Waals surface area contributed by atoms with E-state index in [1.807, 2.05) is 6.07 Å². The number of nitrogens with two attached hydrogens (primary N) is 1. The Morgan fingerprint density at radius 1 is 1.64 bits per heavy atom. The molecular weight excluding hydrogens is 206 g/mol. The van der Waals surface area contributed by atoms with Gasteiger partial charge in [-0.1, -0.05) is 0 Å². The zero-order valence-corrected chi connectivity index (χ0v) is 8.67. The van der Waals surface area contributed by atoms with Gasteiger partial charge in [0.2, 0.25) is 5.91 Å². The van der Waals surface area contributed by atoms with Crippen molar-refractivity contribution in [2.24, 2.45) is 5.73 Å².